The third-order valence-electron chi connectivity index (χ3n) is 7.62. The number of hydrogen-bond acceptors (Lipinski definition) is 4. The summed E-state index contributed by atoms with van der Waals surface area (Å²) in [6.45, 7) is 5.26. The Morgan fingerprint density at radius 2 is 0.905 bits per heavy atom. The molecule has 0 spiro atoms. The molecule has 0 radical (unpaired) electrons. The Bertz CT molecular complexity index is 1270. The molecule has 0 aliphatic heterocycles. The number of aliphatic hydroxyl groups excluding tert-OH is 2. The molecule has 0 saturated heterocycles. The maximum atomic E-state index is 10.5. The predicted octanol–water partition coefficient (Wildman–Crippen LogP) is 7.29. The van der Waals surface area contributed by atoms with E-state index in [1.54, 1.807) is 0 Å². The van der Waals surface area contributed by atoms with Crippen molar-refractivity contribution >= 4 is 23.2 Å². The van der Waals surface area contributed by atoms with Gasteiger partial charge >= 0.3 is 0 Å². The molecule has 4 rings (SSSR count). The predicted molar refractivity (Wildman–Crippen MR) is 175 cm³/mol. The molecule has 0 fully saturated rings. The van der Waals surface area contributed by atoms with E-state index >= 15 is 0 Å². The molecule has 4 aromatic carbocycles. The van der Waals surface area contributed by atoms with Crippen LogP contribution in [-0.4, -0.2) is 35.4 Å². The highest BCUT2D eigenvalue weighted by atomic mass is 35.5. The van der Waals surface area contributed by atoms with Gasteiger partial charge in [-0.2, -0.15) is 0 Å². The minimum absolute atomic E-state index is 0.245. The molecule has 4 N–H and O–H groups in total. The summed E-state index contributed by atoms with van der Waals surface area (Å²) < 4.78 is 0. The van der Waals surface area contributed by atoms with Gasteiger partial charge in [0.25, 0.3) is 0 Å². The molecule has 4 nitrogen and oxygen atoms in total. The number of benzene rings is 4. The second kappa shape index (κ2) is 16.2. The zero-order chi connectivity index (χ0) is 29.9. The molecular weight excluding hydrogens is 563 g/mol. The van der Waals surface area contributed by atoms with Crippen LogP contribution in [0.2, 0.25) is 10.0 Å². The number of aryl methyl sites for hydroxylation is 2. The van der Waals surface area contributed by atoms with Gasteiger partial charge in [-0.1, -0.05) is 96.0 Å². The fraction of sp³-hybridized carbons (Fsp3) is 0.333. The van der Waals surface area contributed by atoms with E-state index in [1.165, 1.54) is 22.3 Å². The maximum absolute atomic E-state index is 10.5. The van der Waals surface area contributed by atoms with Crippen LogP contribution in [0.4, 0.5) is 0 Å². The van der Waals surface area contributed by atoms with Crippen molar-refractivity contribution in [3.8, 4) is 0 Å². The second-order valence-corrected chi connectivity index (χ2v) is 12.2. The molecule has 0 saturated carbocycles. The third kappa shape index (κ3) is 10.5. The van der Waals surface area contributed by atoms with Crippen LogP contribution < -0.4 is 10.6 Å². The molecule has 0 aromatic heterocycles. The first-order valence-electron chi connectivity index (χ1n) is 14.7. The van der Waals surface area contributed by atoms with Gasteiger partial charge in [0.2, 0.25) is 0 Å². The standard InChI is InChI=1S/C36H42Cl2N2O2/c1-25(39-23-35(41)31-5-3-7-33(37)21-31)19-29-15-11-27(12-16-29)9-10-28-13-17-30(18-14-28)20-26(2)40-24-36(42)32-6-4-8-34(38)22-32/h3-8,11-18,21-22,25-26,35-36,39-42H,9-10,19-20,23-24H2,1-2H3/t25-,26-,35+,36+/m1/s1. The summed E-state index contributed by atoms with van der Waals surface area (Å²) in [5, 5.41) is 29.0. The van der Waals surface area contributed by atoms with E-state index in [-0.39, 0.29) is 12.1 Å². The first-order valence-corrected chi connectivity index (χ1v) is 15.5. The summed E-state index contributed by atoms with van der Waals surface area (Å²) in [5.41, 5.74) is 6.88. The van der Waals surface area contributed by atoms with Gasteiger partial charge < -0.3 is 20.8 Å². The highest BCUT2D eigenvalue weighted by Gasteiger charge is 2.12. The number of halogens is 2. The van der Waals surface area contributed by atoms with Crippen LogP contribution in [0.25, 0.3) is 0 Å². The van der Waals surface area contributed by atoms with Gasteiger partial charge in [0.1, 0.15) is 0 Å². The molecular formula is C36H42Cl2N2O2. The van der Waals surface area contributed by atoms with Crippen LogP contribution in [0, 0.1) is 0 Å². The second-order valence-electron chi connectivity index (χ2n) is 11.3. The van der Waals surface area contributed by atoms with Crippen molar-refractivity contribution in [3.05, 3.63) is 140 Å². The molecule has 222 valence electrons. The van der Waals surface area contributed by atoms with Crippen LogP contribution in [0.1, 0.15) is 59.4 Å². The molecule has 42 heavy (non-hydrogen) atoms. The summed E-state index contributed by atoms with van der Waals surface area (Å²) in [6, 6.07) is 33.0. The molecule has 0 heterocycles. The van der Waals surface area contributed by atoms with Crippen LogP contribution in [0.3, 0.4) is 0 Å². The van der Waals surface area contributed by atoms with E-state index in [0.717, 1.165) is 36.8 Å². The van der Waals surface area contributed by atoms with Crippen molar-refractivity contribution in [1.29, 1.82) is 0 Å². The van der Waals surface area contributed by atoms with E-state index in [4.69, 9.17) is 23.2 Å². The normalized spacial score (nSPS) is 14.3. The Hall–Kier alpha value is -2.70. The van der Waals surface area contributed by atoms with Crippen molar-refractivity contribution in [1.82, 2.24) is 10.6 Å². The molecule has 0 amide bonds. The van der Waals surface area contributed by atoms with E-state index in [1.807, 2.05) is 48.5 Å². The van der Waals surface area contributed by atoms with Gasteiger partial charge in [-0.05, 0) is 97.2 Å². The molecule has 6 heteroatoms. The first kappa shape index (κ1) is 32.2. The van der Waals surface area contributed by atoms with Crippen LogP contribution in [0.15, 0.2) is 97.1 Å². The Labute approximate surface area is 260 Å². The zero-order valence-electron chi connectivity index (χ0n) is 24.4. The van der Waals surface area contributed by atoms with Crippen LogP contribution in [0.5, 0.6) is 0 Å². The molecule has 4 aromatic rings. The molecule has 0 bridgehead atoms. The van der Waals surface area contributed by atoms with Crippen LogP contribution in [-0.2, 0) is 25.7 Å². The number of aliphatic hydroxyl groups is 2. The maximum Gasteiger partial charge on any atom is 0.0914 e. The molecule has 0 unspecified atom stereocenters. The summed E-state index contributed by atoms with van der Waals surface area (Å²) >= 11 is 12.1. The quantitative estimate of drug-likeness (QED) is 0.115. The lowest BCUT2D eigenvalue weighted by Crippen LogP contribution is -2.32. The number of rotatable bonds is 15. The van der Waals surface area contributed by atoms with Crippen molar-refractivity contribution in [2.75, 3.05) is 13.1 Å². The zero-order valence-corrected chi connectivity index (χ0v) is 26.0. The summed E-state index contributed by atoms with van der Waals surface area (Å²) in [4.78, 5) is 0. The lowest BCUT2D eigenvalue weighted by Gasteiger charge is -2.18. The van der Waals surface area contributed by atoms with E-state index in [2.05, 4.69) is 73.0 Å². The molecule has 0 aliphatic rings. The van der Waals surface area contributed by atoms with Crippen molar-refractivity contribution in [2.45, 2.75) is 63.8 Å². The minimum atomic E-state index is -0.581. The third-order valence-corrected chi connectivity index (χ3v) is 8.09. The summed E-state index contributed by atoms with van der Waals surface area (Å²) in [7, 11) is 0. The lowest BCUT2D eigenvalue weighted by atomic mass is 9.99. The Kier molecular flexibility index (Phi) is 12.4. The highest BCUT2D eigenvalue weighted by Crippen LogP contribution is 2.19. The highest BCUT2D eigenvalue weighted by molar-refractivity contribution is 6.30. The SMILES string of the molecule is C[C@H](Cc1ccc(CCc2ccc(C[C@@H](C)NC[C@H](O)c3cccc(Cl)c3)cc2)cc1)NC[C@H](O)c1cccc(Cl)c1. The topological polar surface area (TPSA) is 64.5 Å². The van der Waals surface area contributed by atoms with Gasteiger partial charge in [0.15, 0.2) is 0 Å². The fourth-order valence-electron chi connectivity index (χ4n) is 5.11. The first-order chi connectivity index (χ1) is 20.2. The smallest absolute Gasteiger partial charge is 0.0914 e. The Morgan fingerprint density at radius 1 is 0.548 bits per heavy atom. The fourth-order valence-corrected chi connectivity index (χ4v) is 5.51. The van der Waals surface area contributed by atoms with Crippen molar-refractivity contribution < 1.29 is 10.2 Å². The van der Waals surface area contributed by atoms with Gasteiger partial charge in [0.05, 0.1) is 12.2 Å². The van der Waals surface area contributed by atoms with Gasteiger partial charge in [0, 0.05) is 35.2 Å². The number of nitrogens with one attached hydrogen (secondary N) is 2. The van der Waals surface area contributed by atoms with E-state index in [9.17, 15) is 10.2 Å². The average molecular weight is 606 g/mol. The van der Waals surface area contributed by atoms with Crippen molar-refractivity contribution in [2.24, 2.45) is 0 Å². The largest absolute Gasteiger partial charge is 0.387 e. The Morgan fingerprint density at radius 3 is 1.26 bits per heavy atom. The van der Waals surface area contributed by atoms with E-state index < -0.39 is 12.2 Å². The molecule has 4 atom stereocenters. The molecule has 0 aliphatic carbocycles. The Balaban J connectivity index is 1.16. The van der Waals surface area contributed by atoms with E-state index in [0.29, 0.717) is 23.1 Å². The van der Waals surface area contributed by atoms with Gasteiger partial charge in [-0.25, -0.2) is 0 Å². The minimum Gasteiger partial charge on any atom is -0.387 e. The average Bonchev–Trinajstić information content (AvgIpc) is 2.99. The monoisotopic (exact) mass is 604 g/mol. The van der Waals surface area contributed by atoms with Gasteiger partial charge in [-0.15, -0.1) is 0 Å². The van der Waals surface area contributed by atoms with Gasteiger partial charge in [-0.3, -0.25) is 0 Å². The van der Waals surface area contributed by atoms with Crippen molar-refractivity contribution in [3.63, 3.8) is 0 Å². The summed E-state index contributed by atoms with van der Waals surface area (Å²) in [6.07, 6.45) is 2.63. The van der Waals surface area contributed by atoms with Crippen LogP contribution >= 0.6 is 23.2 Å². The number of hydrogen-bond donors (Lipinski definition) is 4. The lowest BCUT2D eigenvalue weighted by molar-refractivity contribution is 0.170. The summed E-state index contributed by atoms with van der Waals surface area (Å²) in [5.74, 6) is 0.